The van der Waals surface area contributed by atoms with E-state index in [2.05, 4.69) is 5.32 Å². The molecule has 2 saturated carbocycles. The average Bonchev–Trinajstić information content (AvgIpc) is 3.05. The topological polar surface area (TPSA) is 15.3 Å². The minimum absolute atomic E-state index is 0.177. The van der Waals surface area contributed by atoms with Gasteiger partial charge in [-0.05, 0) is 38.1 Å². The third kappa shape index (κ3) is 4.47. The molecular weight excluding hydrogens is 229 g/mol. The van der Waals surface area contributed by atoms with Crippen molar-refractivity contribution in [2.24, 2.45) is 5.92 Å². The lowest BCUT2D eigenvalue weighted by atomic mass is 10.1. The molecule has 0 aromatic rings. The summed E-state index contributed by atoms with van der Waals surface area (Å²) in [5.74, 6) is 0.601. The summed E-state index contributed by atoms with van der Waals surface area (Å²) in [6, 6.07) is 0.430. The van der Waals surface area contributed by atoms with E-state index in [1.54, 1.807) is 4.90 Å². The van der Waals surface area contributed by atoms with E-state index in [0.29, 0.717) is 12.5 Å². The molecule has 2 fully saturated rings. The largest absolute Gasteiger partial charge is 0.401 e. The Morgan fingerprint density at radius 2 is 1.88 bits per heavy atom. The van der Waals surface area contributed by atoms with Crippen LogP contribution in [0.25, 0.3) is 0 Å². The smallest absolute Gasteiger partial charge is 0.313 e. The van der Waals surface area contributed by atoms with Gasteiger partial charge in [-0.1, -0.05) is 6.92 Å². The Morgan fingerprint density at radius 3 is 2.29 bits per heavy atom. The van der Waals surface area contributed by atoms with Crippen molar-refractivity contribution < 1.29 is 13.2 Å². The molecule has 0 amide bonds. The van der Waals surface area contributed by atoms with Crippen LogP contribution < -0.4 is 5.32 Å². The van der Waals surface area contributed by atoms with Gasteiger partial charge in [0.2, 0.25) is 0 Å². The van der Waals surface area contributed by atoms with Crippen LogP contribution in [-0.2, 0) is 0 Å². The van der Waals surface area contributed by atoms with E-state index < -0.39 is 12.7 Å². The van der Waals surface area contributed by atoms with E-state index in [0.717, 1.165) is 19.4 Å². The van der Waals surface area contributed by atoms with Crippen molar-refractivity contribution in [2.45, 2.75) is 50.9 Å². The second-order valence-corrected chi connectivity index (χ2v) is 5.28. The summed E-state index contributed by atoms with van der Waals surface area (Å²) < 4.78 is 37.5. The van der Waals surface area contributed by atoms with E-state index >= 15 is 0 Å². The SMILES string of the molecule is CCNC(CN(CC(F)(F)F)C1CC1)C1CC1. The van der Waals surface area contributed by atoms with E-state index in [1.165, 1.54) is 12.8 Å². The Morgan fingerprint density at radius 1 is 1.24 bits per heavy atom. The van der Waals surface area contributed by atoms with Crippen LogP contribution in [0.15, 0.2) is 0 Å². The lowest BCUT2D eigenvalue weighted by Gasteiger charge is -2.28. The predicted octanol–water partition coefficient (Wildman–Crippen LogP) is 2.40. The molecule has 2 nitrogen and oxygen atoms in total. The standard InChI is InChI=1S/C12H21F3N2/c1-2-16-11(9-3-4-9)7-17(10-5-6-10)8-12(13,14)15/h9-11,16H,2-8H2,1H3. The van der Waals surface area contributed by atoms with E-state index in [1.807, 2.05) is 6.92 Å². The molecule has 0 heterocycles. The molecule has 0 saturated heterocycles. The number of likely N-dealkylation sites (N-methyl/N-ethyl adjacent to an activating group) is 1. The maximum atomic E-state index is 12.5. The molecule has 1 atom stereocenters. The molecule has 2 aliphatic carbocycles. The van der Waals surface area contributed by atoms with Gasteiger partial charge >= 0.3 is 6.18 Å². The van der Waals surface area contributed by atoms with Gasteiger partial charge in [-0.25, -0.2) is 0 Å². The van der Waals surface area contributed by atoms with Crippen LogP contribution in [0.4, 0.5) is 13.2 Å². The van der Waals surface area contributed by atoms with E-state index in [9.17, 15) is 13.2 Å². The molecule has 17 heavy (non-hydrogen) atoms. The fourth-order valence-electron chi connectivity index (χ4n) is 2.41. The van der Waals surface area contributed by atoms with Crippen LogP contribution in [0.1, 0.15) is 32.6 Å². The fraction of sp³-hybridized carbons (Fsp3) is 1.00. The first-order chi connectivity index (χ1) is 7.99. The number of hydrogen-bond donors (Lipinski definition) is 1. The number of alkyl halides is 3. The maximum Gasteiger partial charge on any atom is 0.401 e. The summed E-state index contributed by atoms with van der Waals surface area (Å²) in [5.41, 5.74) is 0. The Hall–Kier alpha value is -0.290. The van der Waals surface area contributed by atoms with Crippen LogP contribution in [-0.4, -0.2) is 42.8 Å². The molecule has 0 spiro atoms. The summed E-state index contributed by atoms with van der Waals surface area (Å²) in [7, 11) is 0. The highest BCUT2D eigenvalue weighted by molar-refractivity contribution is 4.93. The monoisotopic (exact) mass is 250 g/mol. The predicted molar refractivity (Wildman–Crippen MR) is 60.8 cm³/mol. The summed E-state index contributed by atoms with van der Waals surface area (Å²) in [5, 5.41) is 3.33. The zero-order valence-corrected chi connectivity index (χ0v) is 10.3. The van der Waals surface area contributed by atoms with Crippen LogP contribution in [0.3, 0.4) is 0 Å². The molecule has 0 aliphatic heterocycles. The van der Waals surface area contributed by atoms with Crippen LogP contribution in [0.2, 0.25) is 0 Å². The average molecular weight is 250 g/mol. The Bertz CT molecular complexity index is 247. The zero-order chi connectivity index (χ0) is 12.5. The molecule has 1 unspecified atom stereocenters. The number of rotatable bonds is 7. The van der Waals surface area contributed by atoms with Gasteiger partial charge in [-0.15, -0.1) is 0 Å². The van der Waals surface area contributed by atoms with Gasteiger partial charge in [-0.2, -0.15) is 13.2 Å². The van der Waals surface area contributed by atoms with Crippen LogP contribution >= 0.6 is 0 Å². The van der Waals surface area contributed by atoms with Gasteiger partial charge < -0.3 is 5.32 Å². The molecule has 2 aliphatic rings. The van der Waals surface area contributed by atoms with Crippen LogP contribution in [0.5, 0.6) is 0 Å². The molecule has 2 rings (SSSR count). The first-order valence-corrected chi connectivity index (χ1v) is 6.54. The zero-order valence-electron chi connectivity index (χ0n) is 10.3. The van der Waals surface area contributed by atoms with Crippen molar-refractivity contribution >= 4 is 0 Å². The Labute approximate surface area is 101 Å². The molecule has 0 aromatic carbocycles. The lowest BCUT2D eigenvalue weighted by molar-refractivity contribution is -0.148. The summed E-state index contributed by atoms with van der Waals surface area (Å²) >= 11 is 0. The van der Waals surface area contributed by atoms with Crippen molar-refractivity contribution in [1.29, 1.82) is 0 Å². The second-order valence-electron chi connectivity index (χ2n) is 5.28. The Kier molecular flexibility index (Phi) is 3.98. The molecule has 1 N–H and O–H groups in total. The molecule has 0 bridgehead atoms. The molecule has 5 heteroatoms. The van der Waals surface area contributed by atoms with Gasteiger partial charge in [-0.3, -0.25) is 4.90 Å². The summed E-state index contributed by atoms with van der Waals surface area (Å²) in [6.07, 6.45) is 0.131. The number of nitrogens with one attached hydrogen (secondary N) is 1. The first kappa shape index (κ1) is 13.1. The van der Waals surface area contributed by atoms with Crippen molar-refractivity contribution in [2.75, 3.05) is 19.6 Å². The number of halogens is 3. The van der Waals surface area contributed by atoms with Crippen molar-refractivity contribution in [3.05, 3.63) is 0 Å². The third-order valence-corrected chi connectivity index (χ3v) is 3.53. The van der Waals surface area contributed by atoms with Gasteiger partial charge in [0.1, 0.15) is 0 Å². The quantitative estimate of drug-likeness (QED) is 0.746. The minimum atomic E-state index is -4.07. The molecule has 0 radical (unpaired) electrons. The van der Waals surface area contributed by atoms with Gasteiger partial charge in [0.05, 0.1) is 6.54 Å². The van der Waals surface area contributed by atoms with E-state index in [-0.39, 0.29) is 12.1 Å². The molecular formula is C12H21F3N2. The van der Waals surface area contributed by atoms with Gasteiger partial charge in [0.15, 0.2) is 0 Å². The summed E-state index contributed by atoms with van der Waals surface area (Å²) in [4.78, 5) is 1.63. The van der Waals surface area contributed by atoms with Crippen molar-refractivity contribution in [3.8, 4) is 0 Å². The maximum absolute atomic E-state index is 12.5. The normalized spacial score (nSPS) is 23.1. The second kappa shape index (κ2) is 5.14. The highest BCUT2D eigenvalue weighted by atomic mass is 19.4. The summed E-state index contributed by atoms with van der Waals surface area (Å²) in [6.45, 7) is 2.67. The Balaban J connectivity index is 1.86. The van der Waals surface area contributed by atoms with Crippen molar-refractivity contribution in [1.82, 2.24) is 10.2 Å². The molecule has 100 valence electrons. The van der Waals surface area contributed by atoms with Gasteiger partial charge in [0, 0.05) is 18.6 Å². The molecule has 0 aromatic heterocycles. The van der Waals surface area contributed by atoms with Crippen molar-refractivity contribution in [3.63, 3.8) is 0 Å². The lowest BCUT2D eigenvalue weighted by Crippen LogP contribution is -2.46. The highest BCUT2D eigenvalue weighted by Crippen LogP contribution is 2.36. The number of hydrogen-bond acceptors (Lipinski definition) is 2. The van der Waals surface area contributed by atoms with Crippen LogP contribution in [0, 0.1) is 5.92 Å². The fourth-order valence-corrected chi connectivity index (χ4v) is 2.41. The van der Waals surface area contributed by atoms with Gasteiger partial charge in [0.25, 0.3) is 0 Å². The minimum Gasteiger partial charge on any atom is -0.313 e. The first-order valence-electron chi connectivity index (χ1n) is 6.54. The highest BCUT2D eigenvalue weighted by Gasteiger charge is 2.41. The number of nitrogens with zero attached hydrogens (tertiary/aromatic N) is 1. The third-order valence-electron chi connectivity index (χ3n) is 3.53. The van der Waals surface area contributed by atoms with E-state index in [4.69, 9.17) is 0 Å².